The highest BCUT2D eigenvalue weighted by atomic mass is 35.5. The van der Waals surface area contributed by atoms with E-state index < -0.39 is 0 Å². The van der Waals surface area contributed by atoms with E-state index >= 15 is 0 Å². The molecule has 1 aliphatic rings. The minimum Gasteiger partial charge on any atom is -0.306 e. The monoisotopic (exact) mass is 304 g/mol. The number of hydrogen-bond donors (Lipinski definition) is 2. The Balaban J connectivity index is 0.00000180. The normalized spacial score (nSPS) is 19.6. The van der Waals surface area contributed by atoms with Crippen molar-refractivity contribution in [2.75, 3.05) is 11.9 Å². The molecule has 7 heteroatoms. The molecule has 1 unspecified atom stereocenters. The van der Waals surface area contributed by atoms with Gasteiger partial charge >= 0.3 is 0 Å². The van der Waals surface area contributed by atoms with E-state index in [1.54, 1.807) is 0 Å². The number of nitrogens with zero attached hydrogens (tertiary/aromatic N) is 2. The van der Waals surface area contributed by atoms with E-state index in [9.17, 15) is 4.79 Å². The fraction of sp³-hybridized carbons (Fsp3) is 0.750. The number of carbonyl (C=O) groups excluding carboxylic acids is 1. The number of halogens is 1. The van der Waals surface area contributed by atoms with Crippen molar-refractivity contribution in [3.63, 3.8) is 0 Å². The van der Waals surface area contributed by atoms with Crippen LogP contribution in [0.4, 0.5) is 5.13 Å². The first-order valence-electron chi connectivity index (χ1n) is 6.35. The molecule has 2 heterocycles. The van der Waals surface area contributed by atoms with Crippen LogP contribution in [0.25, 0.3) is 0 Å². The lowest BCUT2D eigenvalue weighted by atomic mass is 9.98. The lowest BCUT2D eigenvalue weighted by Gasteiger charge is -2.21. The Labute approximate surface area is 124 Å². The quantitative estimate of drug-likeness (QED) is 0.880. The molecule has 2 rings (SSSR count). The van der Waals surface area contributed by atoms with Crippen LogP contribution in [0.5, 0.6) is 0 Å². The molecule has 1 saturated heterocycles. The first-order chi connectivity index (χ1) is 8.47. The highest BCUT2D eigenvalue weighted by Gasteiger charge is 2.23. The number of hydrogen-bond acceptors (Lipinski definition) is 5. The molecule has 1 amide bonds. The Hall–Kier alpha value is -0.720. The maximum absolute atomic E-state index is 12.0. The summed E-state index contributed by atoms with van der Waals surface area (Å²) in [5, 5.41) is 15.7. The number of anilines is 1. The van der Waals surface area contributed by atoms with Crippen LogP contribution in [-0.2, 0) is 10.2 Å². The summed E-state index contributed by atoms with van der Waals surface area (Å²) in [5.41, 5.74) is -0.0241. The van der Waals surface area contributed by atoms with Crippen molar-refractivity contribution in [1.29, 1.82) is 0 Å². The summed E-state index contributed by atoms with van der Waals surface area (Å²) in [7, 11) is 0. The van der Waals surface area contributed by atoms with Gasteiger partial charge in [-0.3, -0.25) is 10.1 Å². The Kier molecular flexibility index (Phi) is 5.70. The van der Waals surface area contributed by atoms with Crippen LogP contribution in [0, 0.1) is 0 Å². The van der Waals surface area contributed by atoms with Crippen LogP contribution in [0.1, 0.15) is 45.0 Å². The molecule has 0 saturated carbocycles. The number of rotatable bonds is 2. The van der Waals surface area contributed by atoms with E-state index in [0.717, 1.165) is 30.8 Å². The number of aromatic nitrogens is 2. The van der Waals surface area contributed by atoms with Crippen LogP contribution in [0.3, 0.4) is 0 Å². The summed E-state index contributed by atoms with van der Waals surface area (Å²) in [6, 6.07) is -0.0827. The van der Waals surface area contributed by atoms with Gasteiger partial charge in [0.25, 0.3) is 0 Å². The number of carbonyl (C=O) groups is 1. The minimum absolute atomic E-state index is 0. The van der Waals surface area contributed by atoms with E-state index in [-0.39, 0.29) is 29.8 Å². The predicted octanol–water partition coefficient (Wildman–Crippen LogP) is 2.34. The van der Waals surface area contributed by atoms with Gasteiger partial charge in [-0.2, -0.15) is 0 Å². The second kappa shape index (κ2) is 6.63. The summed E-state index contributed by atoms with van der Waals surface area (Å²) in [5.74, 6) is 0.00584. The van der Waals surface area contributed by atoms with Crippen molar-refractivity contribution in [1.82, 2.24) is 15.5 Å². The van der Waals surface area contributed by atoms with E-state index in [0.29, 0.717) is 5.13 Å². The Morgan fingerprint density at radius 3 is 2.63 bits per heavy atom. The molecule has 0 aromatic carbocycles. The molecule has 108 valence electrons. The van der Waals surface area contributed by atoms with E-state index in [2.05, 4.69) is 41.6 Å². The predicted molar refractivity (Wildman–Crippen MR) is 80.1 cm³/mol. The smallest absolute Gasteiger partial charge is 0.243 e. The Morgan fingerprint density at radius 2 is 2.11 bits per heavy atom. The first kappa shape index (κ1) is 16.3. The maximum Gasteiger partial charge on any atom is 0.243 e. The lowest BCUT2D eigenvalue weighted by molar-refractivity contribution is -0.118. The third-order valence-corrected chi connectivity index (χ3v) is 4.19. The molecule has 1 aromatic heterocycles. The summed E-state index contributed by atoms with van der Waals surface area (Å²) in [6.07, 6.45) is 3.15. The third-order valence-electron chi connectivity index (χ3n) is 2.92. The van der Waals surface area contributed by atoms with Crippen LogP contribution >= 0.6 is 23.7 Å². The molecule has 0 radical (unpaired) electrons. The van der Waals surface area contributed by atoms with Crippen LogP contribution in [0.15, 0.2) is 0 Å². The van der Waals surface area contributed by atoms with Gasteiger partial charge in [0.1, 0.15) is 5.01 Å². The molecule has 1 aromatic rings. The molecule has 0 bridgehead atoms. The molecule has 1 fully saturated rings. The summed E-state index contributed by atoms with van der Waals surface area (Å²) in [4.78, 5) is 12.0. The fourth-order valence-electron chi connectivity index (χ4n) is 1.84. The van der Waals surface area contributed by atoms with Gasteiger partial charge in [0.15, 0.2) is 0 Å². The standard InChI is InChI=1S/C12H20N4OS.ClH/c1-12(2,3)10-15-16-11(18-10)14-9(17)8-6-4-5-7-13-8;/h8,13H,4-7H2,1-3H3,(H,14,16,17);1H. The molecule has 0 aliphatic carbocycles. The zero-order chi connectivity index (χ0) is 13.2. The van der Waals surface area contributed by atoms with E-state index in [1.807, 2.05) is 0 Å². The molecule has 0 spiro atoms. The molecule has 2 N–H and O–H groups in total. The van der Waals surface area contributed by atoms with Gasteiger partial charge in [0.2, 0.25) is 11.0 Å². The highest BCUT2D eigenvalue weighted by molar-refractivity contribution is 7.15. The lowest BCUT2D eigenvalue weighted by Crippen LogP contribution is -2.43. The zero-order valence-electron chi connectivity index (χ0n) is 11.5. The van der Waals surface area contributed by atoms with Gasteiger partial charge < -0.3 is 5.32 Å². The zero-order valence-corrected chi connectivity index (χ0v) is 13.2. The Morgan fingerprint density at radius 1 is 1.37 bits per heavy atom. The molecular weight excluding hydrogens is 284 g/mol. The van der Waals surface area contributed by atoms with Crippen LogP contribution in [-0.4, -0.2) is 28.7 Å². The molecule has 1 aliphatic heterocycles. The number of amides is 1. The second-order valence-corrected chi connectivity index (χ2v) is 6.63. The van der Waals surface area contributed by atoms with E-state index in [4.69, 9.17) is 0 Å². The van der Waals surface area contributed by atoms with Crippen molar-refractivity contribution in [3.05, 3.63) is 5.01 Å². The first-order valence-corrected chi connectivity index (χ1v) is 7.17. The average Bonchev–Trinajstić information content (AvgIpc) is 2.78. The summed E-state index contributed by atoms with van der Waals surface area (Å²) < 4.78 is 0. The van der Waals surface area contributed by atoms with Gasteiger partial charge in [0, 0.05) is 5.41 Å². The largest absolute Gasteiger partial charge is 0.306 e. The third kappa shape index (κ3) is 4.40. The average molecular weight is 305 g/mol. The van der Waals surface area contributed by atoms with Crippen molar-refractivity contribution in [2.24, 2.45) is 0 Å². The number of piperidine rings is 1. The van der Waals surface area contributed by atoms with Gasteiger partial charge in [-0.1, -0.05) is 38.5 Å². The molecular formula is C12H21ClN4OS. The van der Waals surface area contributed by atoms with Gasteiger partial charge in [-0.25, -0.2) is 0 Å². The van der Waals surface area contributed by atoms with Crippen molar-refractivity contribution >= 4 is 34.8 Å². The fourth-order valence-corrected chi connectivity index (χ4v) is 2.65. The maximum atomic E-state index is 12.0. The molecule has 5 nitrogen and oxygen atoms in total. The van der Waals surface area contributed by atoms with Crippen LogP contribution < -0.4 is 10.6 Å². The highest BCUT2D eigenvalue weighted by Crippen LogP contribution is 2.27. The SMILES string of the molecule is CC(C)(C)c1nnc(NC(=O)C2CCCCN2)s1.Cl. The van der Waals surface area contributed by atoms with Gasteiger partial charge in [-0.15, -0.1) is 22.6 Å². The summed E-state index contributed by atoms with van der Waals surface area (Å²) in [6.45, 7) is 7.17. The van der Waals surface area contributed by atoms with Crippen molar-refractivity contribution in [3.8, 4) is 0 Å². The van der Waals surface area contributed by atoms with Crippen LogP contribution in [0.2, 0.25) is 0 Å². The van der Waals surface area contributed by atoms with Crippen molar-refractivity contribution < 1.29 is 4.79 Å². The van der Waals surface area contributed by atoms with Gasteiger partial charge in [0.05, 0.1) is 6.04 Å². The van der Waals surface area contributed by atoms with Gasteiger partial charge in [-0.05, 0) is 19.4 Å². The minimum atomic E-state index is -0.0827. The summed E-state index contributed by atoms with van der Waals surface area (Å²) >= 11 is 1.45. The van der Waals surface area contributed by atoms with E-state index in [1.165, 1.54) is 11.3 Å². The number of nitrogens with one attached hydrogen (secondary N) is 2. The second-order valence-electron chi connectivity index (χ2n) is 5.65. The topological polar surface area (TPSA) is 66.9 Å². The molecule has 1 atom stereocenters. The Bertz CT molecular complexity index is 424. The van der Waals surface area contributed by atoms with Crippen molar-refractivity contribution in [2.45, 2.75) is 51.5 Å². The molecule has 19 heavy (non-hydrogen) atoms.